The maximum atomic E-state index is 10.5. The smallest absolute Gasteiger partial charge is 0.294 e. The fourth-order valence-corrected chi connectivity index (χ4v) is 2.55. The number of methoxy groups -OCH3 is 3. The Balaban J connectivity index is 0.000000346. The summed E-state index contributed by atoms with van der Waals surface area (Å²) in [4.78, 5) is -0.0666. The molecule has 0 unspecified atom stereocenters. The standard InChI is InChI=1S/C11H16N4O4.C7H8O3S/c1-17-8-4-7(6-13-14-11(12)15-16)5-9(18-2)10(8)19-3;1-6-2-4-7(5-3-6)11(8,9)10/h4-6,16H,1-3H3,(H3,12,14,15);2-5H,1H3,(H,8,9,10). The van der Waals surface area contributed by atoms with Crippen molar-refractivity contribution in [1.29, 1.82) is 0 Å². The lowest BCUT2D eigenvalue weighted by Gasteiger charge is -2.12. The molecule has 0 saturated heterocycles. The predicted molar refractivity (Wildman–Crippen MR) is 111 cm³/mol. The van der Waals surface area contributed by atoms with Gasteiger partial charge in [0.25, 0.3) is 10.1 Å². The maximum absolute atomic E-state index is 10.5. The molecule has 0 aliphatic rings. The first-order valence-corrected chi connectivity index (χ1v) is 9.71. The molecule has 30 heavy (non-hydrogen) atoms. The van der Waals surface area contributed by atoms with Crippen molar-refractivity contribution in [1.82, 2.24) is 5.48 Å². The van der Waals surface area contributed by atoms with E-state index < -0.39 is 10.1 Å². The van der Waals surface area contributed by atoms with Gasteiger partial charge in [-0.3, -0.25) is 9.76 Å². The zero-order valence-electron chi connectivity index (χ0n) is 16.9. The Morgan fingerprint density at radius 2 is 1.60 bits per heavy atom. The minimum absolute atomic E-state index is 0.0666. The number of guanidine groups is 1. The zero-order chi connectivity index (χ0) is 22.7. The van der Waals surface area contributed by atoms with E-state index in [0.717, 1.165) is 5.56 Å². The van der Waals surface area contributed by atoms with Crippen LogP contribution in [0.5, 0.6) is 17.2 Å². The van der Waals surface area contributed by atoms with Crippen LogP contribution < -0.4 is 25.4 Å². The average molecular weight is 440 g/mol. The number of nitrogens with zero attached hydrogens (tertiary/aromatic N) is 2. The van der Waals surface area contributed by atoms with Crippen molar-refractivity contribution in [2.75, 3.05) is 21.3 Å². The molecule has 2 aromatic carbocycles. The van der Waals surface area contributed by atoms with Gasteiger partial charge in [-0.25, -0.2) is 5.48 Å². The third-order valence-electron chi connectivity index (χ3n) is 3.49. The highest BCUT2D eigenvalue weighted by molar-refractivity contribution is 7.85. The zero-order valence-corrected chi connectivity index (χ0v) is 17.7. The van der Waals surface area contributed by atoms with Crippen LogP contribution in [0, 0.1) is 6.92 Å². The first-order valence-electron chi connectivity index (χ1n) is 8.27. The summed E-state index contributed by atoms with van der Waals surface area (Å²) in [5.41, 5.74) is 8.49. The summed E-state index contributed by atoms with van der Waals surface area (Å²) in [5.74, 6) is 1.27. The van der Waals surface area contributed by atoms with E-state index >= 15 is 0 Å². The van der Waals surface area contributed by atoms with Crippen LogP contribution in [-0.4, -0.2) is 51.7 Å². The summed E-state index contributed by atoms with van der Waals surface area (Å²) in [6.07, 6.45) is 1.43. The van der Waals surface area contributed by atoms with Crippen molar-refractivity contribution >= 4 is 22.3 Å². The van der Waals surface area contributed by atoms with Gasteiger partial charge in [-0.05, 0) is 31.2 Å². The lowest BCUT2D eigenvalue weighted by atomic mass is 10.2. The van der Waals surface area contributed by atoms with Crippen molar-refractivity contribution in [3.63, 3.8) is 0 Å². The van der Waals surface area contributed by atoms with Crippen LogP contribution in [0.25, 0.3) is 0 Å². The van der Waals surface area contributed by atoms with Gasteiger partial charge in [-0.2, -0.15) is 13.5 Å². The van der Waals surface area contributed by atoms with Crippen LogP contribution in [-0.2, 0) is 10.1 Å². The molecule has 0 atom stereocenters. The molecular formula is C18H24N4O7S. The quantitative estimate of drug-likeness (QED) is 0.226. The molecule has 0 spiro atoms. The number of benzene rings is 2. The minimum Gasteiger partial charge on any atom is -0.493 e. The van der Waals surface area contributed by atoms with Crippen molar-refractivity contribution in [2.24, 2.45) is 15.9 Å². The van der Waals surface area contributed by atoms with Gasteiger partial charge < -0.3 is 19.9 Å². The predicted octanol–water partition coefficient (Wildman–Crippen LogP) is 1.58. The molecule has 0 aromatic heterocycles. The Morgan fingerprint density at radius 1 is 1.07 bits per heavy atom. The average Bonchev–Trinajstić information content (AvgIpc) is 2.72. The monoisotopic (exact) mass is 440 g/mol. The molecule has 11 nitrogen and oxygen atoms in total. The van der Waals surface area contributed by atoms with Crippen LogP contribution in [0.3, 0.4) is 0 Å². The number of ether oxygens (including phenoxy) is 3. The fraction of sp³-hybridized carbons (Fsp3) is 0.222. The molecule has 2 rings (SSSR count). The molecule has 2 aromatic rings. The Hall–Kier alpha value is -3.35. The van der Waals surface area contributed by atoms with E-state index in [2.05, 4.69) is 10.2 Å². The van der Waals surface area contributed by atoms with Gasteiger partial charge in [0.2, 0.25) is 11.7 Å². The van der Waals surface area contributed by atoms with Crippen LogP contribution in [0.2, 0.25) is 0 Å². The molecule has 0 aliphatic carbocycles. The topological polar surface area (TPSA) is 165 Å². The Bertz CT molecular complexity index is 965. The van der Waals surface area contributed by atoms with Gasteiger partial charge in [0.05, 0.1) is 32.4 Å². The Labute approximate surface area is 174 Å². The highest BCUT2D eigenvalue weighted by atomic mass is 32.2. The van der Waals surface area contributed by atoms with Crippen molar-refractivity contribution in [3.8, 4) is 17.2 Å². The van der Waals surface area contributed by atoms with Crippen LogP contribution in [0.4, 0.5) is 0 Å². The van der Waals surface area contributed by atoms with E-state index in [9.17, 15) is 8.42 Å². The van der Waals surface area contributed by atoms with E-state index in [1.165, 1.54) is 39.7 Å². The summed E-state index contributed by atoms with van der Waals surface area (Å²) < 4.78 is 45.1. The van der Waals surface area contributed by atoms with Gasteiger partial charge in [-0.1, -0.05) is 17.7 Å². The van der Waals surface area contributed by atoms with E-state index in [4.69, 9.17) is 29.7 Å². The summed E-state index contributed by atoms with van der Waals surface area (Å²) in [5, 5.41) is 15.6. The SMILES string of the molecule is COc1cc(C=N/N=C(\N)NO)cc(OC)c1OC.Cc1ccc(S(=O)(=O)O)cc1. The summed E-state index contributed by atoms with van der Waals surface area (Å²) >= 11 is 0. The fourth-order valence-electron chi connectivity index (χ4n) is 2.07. The highest BCUT2D eigenvalue weighted by Crippen LogP contribution is 2.37. The van der Waals surface area contributed by atoms with Crippen molar-refractivity contribution in [2.45, 2.75) is 11.8 Å². The third kappa shape index (κ3) is 7.58. The van der Waals surface area contributed by atoms with E-state index in [0.29, 0.717) is 22.8 Å². The molecule has 0 fully saturated rings. The molecule has 0 radical (unpaired) electrons. The van der Waals surface area contributed by atoms with Crippen molar-refractivity contribution < 1.29 is 32.4 Å². The molecule has 164 valence electrons. The molecule has 0 saturated carbocycles. The molecule has 12 heteroatoms. The van der Waals surface area contributed by atoms with E-state index in [1.807, 2.05) is 6.92 Å². The largest absolute Gasteiger partial charge is 0.493 e. The molecule has 0 heterocycles. The summed E-state index contributed by atoms with van der Waals surface area (Å²) in [6, 6.07) is 9.38. The second-order valence-corrected chi connectivity index (χ2v) is 7.01. The number of nitrogens with two attached hydrogens (primary N) is 1. The lowest BCUT2D eigenvalue weighted by molar-refractivity contribution is 0.232. The highest BCUT2D eigenvalue weighted by Gasteiger charge is 2.12. The molecule has 0 aliphatic heterocycles. The molecule has 0 bridgehead atoms. The summed E-state index contributed by atoms with van der Waals surface area (Å²) in [7, 11) is 0.536. The molecular weight excluding hydrogens is 416 g/mol. The number of hydroxylamine groups is 1. The first kappa shape index (κ1) is 24.7. The van der Waals surface area contributed by atoms with Crippen LogP contribution >= 0.6 is 0 Å². The second-order valence-electron chi connectivity index (χ2n) is 5.59. The van der Waals surface area contributed by atoms with Gasteiger partial charge in [0.1, 0.15) is 0 Å². The number of aryl methyl sites for hydroxylation is 1. The van der Waals surface area contributed by atoms with E-state index in [1.54, 1.807) is 29.7 Å². The summed E-state index contributed by atoms with van der Waals surface area (Å²) in [6.45, 7) is 1.84. The minimum atomic E-state index is -4.02. The normalized spacial score (nSPS) is 11.5. The first-order chi connectivity index (χ1) is 14.2. The number of rotatable bonds is 6. The Kier molecular flexibility index (Phi) is 9.55. The number of hydrogen-bond donors (Lipinski definition) is 4. The maximum Gasteiger partial charge on any atom is 0.294 e. The van der Waals surface area contributed by atoms with Gasteiger partial charge >= 0.3 is 0 Å². The van der Waals surface area contributed by atoms with E-state index in [-0.39, 0.29) is 10.9 Å². The number of hydrogen-bond acceptors (Lipinski definition) is 8. The number of nitrogens with one attached hydrogen (secondary N) is 1. The van der Waals surface area contributed by atoms with Gasteiger partial charge in [0.15, 0.2) is 11.5 Å². The van der Waals surface area contributed by atoms with Crippen LogP contribution in [0.1, 0.15) is 11.1 Å². The molecule has 0 amide bonds. The van der Waals surface area contributed by atoms with Gasteiger partial charge in [-0.15, -0.1) is 5.10 Å². The van der Waals surface area contributed by atoms with Crippen molar-refractivity contribution in [3.05, 3.63) is 47.5 Å². The second kappa shape index (κ2) is 11.6. The van der Waals surface area contributed by atoms with Crippen LogP contribution in [0.15, 0.2) is 51.5 Å². The lowest BCUT2D eigenvalue weighted by Crippen LogP contribution is -2.27. The molecule has 5 N–H and O–H groups in total. The Morgan fingerprint density at radius 3 is 2.00 bits per heavy atom. The third-order valence-corrected chi connectivity index (χ3v) is 4.36. The van der Waals surface area contributed by atoms with Gasteiger partial charge in [0, 0.05) is 5.56 Å².